The van der Waals surface area contributed by atoms with E-state index < -0.39 is 0 Å². The van der Waals surface area contributed by atoms with E-state index in [1.165, 1.54) is 0 Å². The van der Waals surface area contributed by atoms with E-state index in [0.29, 0.717) is 33.4 Å². The molecule has 0 fully saturated rings. The summed E-state index contributed by atoms with van der Waals surface area (Å²) in [6, 6.07) is 63.8. The van der Waals surface area contributed by atoms with Crippen molar-refractivity contribution in [3.05, 3.63) is 192 Å². The van der Waals surface area contributed by atoms with Gasteiger partial charge in [-0.2, -0.15) is 21.0 Å². The first kappa shape index (κ1) is 35.8. The molecule has 9 aromatic carbocycles. The summed E-state index contributed by atoms with van der Waals surface area (Å²) in [5.74, 6) is 0. The highest BCUT2D eigenvalue weighted by atomic mass is 16.4. The standard InChI is InChI=1S/C54H28N6O2/c55-29-33-1-11-39(12-2-33)59(40-13-3-34(30-56)4-14-40)43-19-23-45-37(27-43)9-21-47-49-25-26-50-48-22-10-38-28-44(20-24-46(38)52(48)62-54(50)53(49)61-51(45)47)60(41-15-5-35(31-57)6-16-41)42-17-7-36(32-58)8-18-42/h1-28H. The van der Waals surface area contributed by atoms with Gasteiger partial charge >= 0.3 is 0 Å². The predicted octanol–water partition coefficient (Wildman–Crippen LogP) is 14.2. The van der Waals surface area contributed by atoms with Crippen LogP contribution in [0.5, 0.6) is 0 Å². The van der Waals surface area contributed by atoms with Gasteiger partial charge < -0.3 is 18.6 Å². The quantitative estimate of drug-likeness (QED) is 0.163. The molecule has 0 amide bonds. The van der Waals surface area contributed by atoms with E-state index in [1.807, 2.05) is 48.5 Å². The molecule has 62 heavy (non-hydrogen) atoms. The van der Waals surface area contributed by atoms with Gasteiger partial charge in [-0.3, -0.25) is 0 Å². The van der Waals surface area contributed by atoms with Crippen LogP contribution in [0, 0.1) is 45.3 Å². The van der Waals surface area contributed by atoms with Crippen molar-refractivity contribution in [3.8, 4) is 24.3 Å². The van der Waals surface area contributed by atoms with E-state index in [4.69, 9.17) is 8.83 Å². The molecule has 0 aliphatic heterocycles. The summed E-state index contributed by atoms with van der Waals surface area (Å²) in [4.78, 5) is 4.21. The second-order valence-electron chi connectivity index (χ2n) is 15.0. The van der Waals surface area contributed by atoms with E-state index in [9.17, 15) is 21.0 Å². The van der Waals surface area contributed by atoms with Crippen LogP contribution in [-0.4, -0.2) is 0 Å². The van der Waals surface area contributed by atoms with Crippen molar-refractivity contribution in [2.45, 2.75) is 0 Å². The predicted molar refractivity (Wildman–Crippen MR) is 244 cm³/mol. The lowest BCUT2D eigenvalue weighted by Gasteiger charge is -2.26. The smallest absolute Gasteiger partial charge is 0.178 e. The third kappa shape index (κ3) is 5.73. The van der Waals surface area contributed by atoms with Crippen LogP contribution < -0.4 is 9.80 Å². The molecule has 0 atom stereocenters. The van der Waals surface area contributed by atoms with Crippen LogP contribution in [0.4, 0.5) is 34.1 Å². The number of hydrogen-bond donors (Lipinski definition) is 0. The van der Waals surface area contributed by atoms with E-state index in [2.05, 4.69) is 107 Å². The highest BCUT2D eigenvalue weighted by Gasteiger charge is 2.21. The maximum absolute atomic E-state index is 9.45. The van der Waals surface area contributed by atoms with Crippen LogP contribution >= 0.6 is 0 Å². The Morgan fingerprint density at radius 1 is 0.274 bits per heavy atom. The average Bonchev–Trinajstić information content (AvgIpc) is 3.92. The van der Waals surface area contributed by atoms with Crippen molar-refractivity contribution < 1.29 is 8.83 Å². The number of nitrogens with zero attached hydrogens (tertiary/aromatic N) is 6. The van der Waals surface area contributed by atoms with Crippen molar-refractivity contribution >= 4 is 99.5 Å². The Bertz CT molecular complexity index is 3410. The van der Waals surface area contributed by atoms with Gasteiger partial charge in [0.05, 0.1) is 46.5 Å². The third-order valence-corrected chi connectivity index (χ3v) is 11.5. The van der Waals surface area contributed by atoms with Gasteiger partial charge in [0.1, 0.15) is 11.2 Å². The topological polar surface area (TPSA) is 128 Å². The Hall–Kier alpha value is -9.34. The normalized spacial score (nSPS) is 11.2. The lowest BCUT2D eigenvalue weighted by molar-refractivity contribution is 0.637. The molecular formula is C54H28N6O2. The summed E-state index contributed by atoms with van der Waals surface area (Å²) in [7, 11) is 0. The molecule has 0 saturated carbocycles. The Morgan fingerprint density at radius 2 is 0.532 bits per heavy atom. The molecule has 11 rings (SSSR count). The largest absolute Gasteiger partial charge is 0.451 e. The maximum Gasteiger partial charge on any atom is 0.178 e. The van der Waals surface area contributed by atoms with Gasteiger partial charge in [0.25, 0.3) is 0 Å². The van der Waals surface area contributed by atoms with Gasteiger partial charge in [-0.05, 0) is 168 Å². The second-order valence-corrected chi connectivity index (χ2v) is 15.0. The molecule has 0 aliphatic rings. The van der Waals surface area contributed by atoms with Gasteiger partial charge in [-0.15, -0.1) is 0 Å². The highest BCUT2D eigenvalue weighted by molar-refractivity contribution is 6.24. The van der Waals surface area contributed by atoms with Crippen molar-refractivity contribution in [2.75, 3.05) is 9.80 Å². The molecule has 0 bridgehead atoms. The number of fused-ring (bicyclic) bond motifs is 11. The summed E-state index contributed by atoms with van der Waals surface area (Å²) < 4.78 is 13.6. The molecule has 286 valence electrons. The number of rotatable bonds is 6. The minimum absolute atomic E-state index is 0.573. The summed E-state index contributed by atoms with van der Waals surface area (Å²) in [5, 5.41) is 45.6. The molecule has 8 heteroatoms. The molecule has 2 aromatic heterocycles. The van der Waals surface area contributed by atoms with E-state index >= 15 is 0 Å². The monoisotopic (exact) mass is 792 g/mol. The fourth-order valence-corrected chi connectivity index (χ4v) is 8.53. The molecule has 0 saturated heterocycles. The molecule has 11 aromatic rings. The number of furan rings is 2. The molecular weight excluding hydrogens is 765 g/mol. The van der Waals surface area contributed by atoms with Gasteiger partial charge in [-0.1, -0.05) is 12.1 Å². The summed E-state index contributed by atoms with van der Waals surface area (Å²) >= 11 is 0. The maximum atomic E-state index is 9.45. The first-order valence-electron chi connectivity index (χ1n) is 19.8. The Kier molecular flexibility index (Phi) is 8.19. The van der Waals surface area contributed by atoms with Crippen molar-refractivity contribution in [1.82, 2.24) is 0 Å². The van der Waals surface area contributed by atoms with Crippen molar-refractivity contribution in [1.29, 1.82) is 21.0 Å². The van der Waals surface area contributed by atoms with E-state index in [1.54, 1.807) is 48.5 Å². The molecule has 0 radical (unpaired) electrons. The van der Waals surface area contributed by atoms with Crippen LogP contribution in [-0.2, 0) is 0 Å². The van der Waals surface area contributed by atoms with Crippen molar-refractivity contribution in [2.24, 2.45) is 0 Å². The Balaban J connectivity index is 1.02. The van der Waals surface area contributed by atoms with Crippen LogP contribution in [0.1, 0.15) is 22.3 Å². The highest BCUT2D eigenvalue weighted by Crippen LogP contribution is 2.45. The number of nitriles is 4. The van der Waals surface area contributed by atoms with Gasteiger partial charge in [0, 0.05) is 66.4 Å². The minimum atomic E-state index is 0.573. The average molecular weight is 793 g/mol. The van der Waals surface area contributed by atoms with E-state index in [0.717, 1.165) is 88.4 Å². The number of benzene rings is 9. The fourth-order valence-electron chi connectivity index (χ4n) is 8.53. The first-order valence-corrected chi connectivity index (χ1v) is 19.8. The Morgan fingerprint density at radius 3 is 0.839 bits per heavy atom. The van der Waals surface area contributed by atoms with Crippen LogP contribution in [0.2, 0.25) is 0 Å². The Labute approximate surface area is 354 Å². The van der Waals surface area contributed by atoms with Gasteiger partial charge in [-0.25, -0.2) is 0 Å². The lowest BCUT2D eigenvalue weighted by Crippen LogP contribution is -2.10. The van der Waals surface area contributed by atoms with Crippen LogP contribution in [0.3, 0.4) is 0 Å². The number of anilines is 6. The van der Waals surface area contributed by atoms with Crippen LogP contribution in [0.15, 0.2) is 179 Å². The molecule has 0 spiro atoms. The van der Waals surface area contributed by atoms with Gasteiger partial charge in [0.2, 0.25) is 0 Å². The molecule has 8 nitrogen and oxygen atoms in total. The third-order valence-electron chi connectivity index (χ3n) is 11.5. The molecule has 2 heterocycles. The summed E-state index contributed by atoms with van der Waals surface area (Å²) in [6.07, 6.45) is 0. The fraction of sp³-hybridized carbons (Fsp3) is 0. The molecule has 0 unspecified atom stereocenters. The van der Waals surface area contributed by atoms with Crippen molar-refractivity contribution in [3.63, 3.8) is 0 Å². The zero-order valence-corrected chi connectivity index (χ0v) is 32.7. The number of hydrogen-bond acceptors (Lipinski definition) is 8. The lowest BCUT2D eigenvalue weighted by atomic mass is 10.0. The van der Waals surface area contributed by atoms with Gasteiger partial charge in [0.15, 0.2) is 11.2 Å². The SMILES string of the molecule is N#Cc1ccc(N(c2ccc(C#N)cc2)c2ccc3c(ccc4c5ccc6c7ccc8cc(N(c9ccc(C#N)cc9)c9ccc(C#N)cc9)ccc8c7oc6c5oc34)c2)cc1. The molecule has 0 aliphatic carbocycles. The first-order chi connectivity index (χ1) is 30.5. The minimum Gasteiger partial charge on any atom is -0.451 e. The van der Waals surface area contributed by atoms with Crippen LogP contribution in [0.25, 0.3) is 65.4 Å². The summed E-state index contributed by atoms with van der Waals surface area (Å²) in [6.45, 7) is 0. The summed E-state index contributed by atoms with van der Waals surface area (Å²) in [5.41, 5.74) is 10.5. The van der Waals surface area contributed by atoms with E-state index in [-0.39, 0.29) is 0 Å². The zero-order chi connectivity index (χ0) is 41.9. The zero-order valence-electron chi connectivity index (χ0n) is 32.7. The molecule has 0 N–H and O–H groups in total. The second kappa shape index (κ2) is 14.2.